The topological polar surface area (TPSA) is 110 Å². The summed E-state index contributed by atoms with van der Waals surface area (Å²) in [5.41, 5.74) is 3.12. The Kier molecular flexibility index (Phi) is 6.42. The van der Waals surface area contributed by atoms with Crippen molar-refractivity contribution in [2.45, 2.75) is 0 Å². The van der Waals surface area contributed by atoms with Crippen molar-refractivity contribution >= 4 is 45.3 Å². The number of furan rings is 1. The quantitative estimate of drug-likeness (QED) is 0.239. The first kappa shape index (κ1) is 22.8. The van der Waals surface area contributed by atoms with E-state index in [1.54, 1.807) is 28.4 Å². The molecule has 2 aromatic carbocycles. The second-order valence-electron chi connectivity index (χ2n) is 7.63. The van der Waals surface area contributed by atoms with Gasteiger partial charge < -0.3 is 14.5 Å². The number of hydrogen-bond acceptors (Lipinski definition) is 7. The molecular formula is C27H18N4O4S. The number of thiophene rings is 1. The van der Waals surface area contributed by atoms with Gasteiger partial charge in [0, 0.05) is 23.2 Å². The fraction of sp³-hybridized carbons (Fsp3) is 0.0370. The molecule has 0 atom stereocenters. The van der Waals surface area contributed by atoms with Gasteiger partial charge in [0.25, 0.3) is 5.91 Å². The Bertz CT molecular complexity index is 1590. The Hall–Kier alpha value is -4.94. The molecule has 176 valence electrons. The van der Waals surface area contributed by atoms with Crippen molar-refractivity contribution in [2.24, 2.45) is 0 Å². The highest BCUT2D eigenvalue weighted by molar-refractivity contribution is 7.14. The molecule has 0 spiro atoms. The first-order valence-electron chi connectivity index (χ1n) is 10.9. The highest BCUT2D eigenvalue weighted by Gasteiger charge is 2.16. The normalized spacial score (nSPS) is 11.0. The summed E-state index contributed by atoms with van der Waals surface area (Å²) in [7, 11) is 0. The highest BCUT2D eigenvalue weighted by atomic mass is 32.1. The van der Waals surface area contributed by atoms with E-state index in [2.05, 4.69) is 10.4 Å². The Morgan fingerprint density at radius 3 is 2.75 bits per heavy atom. The van der Waals surface area contributed by atoms with E-state index in [0.717, 1.165) is 16.7 Å². The molecule has 0 radical (unpaired) electrons. The Balaban J connectivity index is 1.34. The summed E-state index contributed by atoms with van der Waals surface area (Å²) in [4.78, 5) is 24.4. The molecule has 3 aromatic heterocycles. The minimum Gasteiger partial charge on any atom is -0.454 e. The zero-order valence-corrected chi connectivity index (χ0v) is 19.6. The molecule has 0 aliphatic heterocycles. The maximum atomic E-state index is 12.3. The molecule has 0 aliphatic rings. The third-order valence-corrected chi connectivity index (χ3v) is 6.04. The van der Waals surface area contributed by atoms with Crippen LogP contribution in [-0.2, 0) is 14.3 Å². The van der Waals surface area contributed by atoms with E-state index in [0.29, 0.717) is 27.6 Å². The number of anilines is 1. The SMILES string of the molecule is N#Cc1ccsc1NC(=O)COC(=O)/C=C/c1cn(-c2ccccc2)nc1-c1cc2ccccc2o1. The zero-order chi connectivity index (χ0) is 24.9. The first-order valence-corrected chi connectivity index (χ1v) is 11.7. The predicted octanol–water partition coefficient (Wildman–Crippen LogP) is 5.41. The van der Waals surface area contributed by atoms with Crippen LogP contribution < -0.4 is 5.32 Å². The number of nitrogens with zero attached hydrogens (tertiary/aromatic N) is 3. The van der Waals surface area contributed by atoms with E-state index >= 15 is 0 Å². The van der Waals surface area contributed by atoms with E-state index < -0.39 is 18.5 Å². The summed E-state index contributed by atoms with van der Waals surface area (Å²) < 4.78 is 12.8. The highest BCUT2D eigenvalue weighted by Crippen LogP contribution is 2.30. The number of hydrogen-bond donors (Lipinski definition) is 1. The number of esters is 1. The summed E-state index contributed by atoms with van der Waals surface area (Å²) in [5.74, 6) is -0.669. The van der Waals surface area contributed by atoms with Crippen molar-refractivity contribution in [1.29, 1.82) is 5.26 Å². The van der Waals surface area contributed by atoms with Gasteiger partial charge in [0.2, 0.25) is 0 Å². The Morgan fingerprint density at radius 2 is 1.94 bits per heavy atom. The molecule has 0 saturated heterocycles. The minimum absolute atomic E-state index is 0.355. The molecule has 1 amide bonds. The van der Waals surface area contributed by atoms with Crippen LogP contribution in [0.4, 0.5) is 5.00 Å². The molecule has 0 bridgehead atoms. The summed E-state index contributed by atoms with van der Waals surface area (Å²) >= 11 is 1.22. The van der Waals surface area contributed by atoms with Crippen molar-refractivity contribution < 1.29 is 18.7 Å². The van der Waals surface area contributed by atoms with Crippen LogP contribution in [0.5, 0.6) is 0 Å². The van der Waals surface area contributed by atoms with Gasteiger partial charge >= 0.3 is 5.97 Å². The third kappa shape index (κ3) is 4.94. The van der Waals surface area contributed by atoms with Crippen LogP contribution in [0.2, 0.25) is 0 Å². The minimum atomic E-state index is -0.695. The number of benzene rings is 2. The van der Waals surface area contributed by atoms with Gasteiger partial charge in [-0.25, -0.2) is 9.48 Å². The molecule has 1 N–H and O–H groups in total. The number of ether oxygens (including phenoxy) is 1. The first-order chi connectivity index (χ1) is 17.6. The molecule has 0 unspecified atom stereocenters. The fourth-order valence-electron chi connectivity index (χ4n) is 3.51. The zero-order valence-electron chi connectivity index (χ0n) is 18.8. The second kappa shape index (κ2) is 10.1. The molecular weight excluding hydrogens is 476 g/mol. The number of carbonyl (C=O) groups excluding carboxylic acids is 2. The van der Waals surface area contributed by atoms with Gasteiger partial charge in [-0.3, -0.25) is 4.79 Å². The lowest BCUT2D eigenvalue weighted by atomic mass is 10.2. The number of aromatic nitrogens is 2. The number of rotatable bonds is 7. The summed E-state index contributed by atoms with van der Waals surface area (Å²) in [6.45, 7) is -0.481. The van der Waals surface area contributed by atoms with Gasteiger partial charge in [0.15, 0.2) is 12.4 Å². The summed E-state index contributed by atoms with van der Waals surface area (Å²) in [5, 5.41) is 19.3. The van der Waals surface area contributed by atoms with E-state index in [9.17, 15) is 9.59 Å². The van der Waals surface area contributed by atoms with E-state index in [-0.39, 0.29) is 0 Å². The lowest BCUT2D eigenvalue weighted by Gasteiger charge is -2.03. The Morgan fingerprint density at radius 1 is 1.14 bits per heavy atom. The van der Waals surface area contributed by atoms with Gasteiger partial charge in [-0.05, 0) is 41.8 Å². The smallest absolute Gasteiger partial charge is 0.331 e. The lowest BCUT2D eigenvalue weighted by molar-refractivity contribution is -0.142. The lowest BCUT2D eigenvalue weighted by Crippen LogP contribution is -2.20. The maximum Gasteiger partial charge on any atom is 0.331 e. The molecule has 5 rings (SSSR count). The molecule has 5 aromatic rings. The molecule has 36 heavy (non-hydrogen) atoms. The van der Waals surface area contributed by atoms with Crippen LogP contribution in [0.15, 0.2) is 88.8 Å². The molecule has 9 heteroatoms. The van der Waals surface area contributed by atoms with Gasteiger partial charge in [-0.15, -0.1) is 11.3 Å². The monoisotopic (exact) mass is 494 g/mol. The molecule has 0 fully saturated rings. The van der Waals surface area contributed by atoms with Crippen LogP contribution in [-0.4, -0.2) is 28.3 Å². The maximum absolute atomic E-state index is 12.3. The Labute approximate surface area is 209 Å². The van der Waals surface area contributed by atoms with Crippen LogP contribution in [0.3, 0.4) is 0 Å². The van der Waals surface area contributed by atoms with Crippen molar-refractivity contribution in [3.63, 3.8) is 0 Å². The predicted molar refractivity (Wildman–Crippen MR) is 136 cm³/mol. The van der Waals surface area contributed by atoms with E-state index in [1.807, 2.05) is 66.7 Å². The number of amides is 1. The molecule has 0 saturated carbocycles. The standard InChI is InChI=1S/C27H18N4O4S/c28-15-19-12-13-36-27(19)29-24(32)17-34-25(33)11-10-20-16-31(21-7-2-1-3-8-21)30-26(20)23-14-18-6-4-5-9-22(18)35-23/h1-14,16H,17H2,(H,29,32)/b11-10+. The third-order valence-electron chi connectivity index (χ3n) is 5.21. The van der Waals surface area contributed by atoms with Crippen LogP contribution >= 0.6 is 11.3 Å². The van der Waals surface area contributed by atoms with Crippen LogP contribution in [0.25, 0.3) is 34.2 Å². The average Bonchev–Trinajstić information content (AvgIpc) is 3.64. The number of para-hydroxylation sites is 2. The fourth-order valence-corrected chi connectivity index (χ4v) is 4.27. The van der Waals surface area contributed by atoms with Gasteiger partial charge in [0.05, 0.1) is 11.3 Å². The number of nitrogens with one attached hydrogen (secondary N) is 1. The molecule has 0 aliphatic carbocycles. The summed E-state index contributed by atoms with van der Waals surface area (Å²) in [6.07, 6.45) is 4.59. The van der Waals surface area contributed by atoms with E-state index in [1.165, 1.54) is 17.4 Å². The largest absolute Gasteiger partial charge is 0.454 e. The van der Waals surface area contributed by atoms with Crippen molar-refractivity contribution in [3.8, 4) is 23.2 Å². The molecule has 8 nitrogen and oxygen atoms in total. The van der Waals surface area contributed by atoms with Crippen molar-refractivity contribution in [2.75, 3.05) is 11.9 Å². The molecule has 3 heterocycles. The van der Waals surface area contributed by atoms with Gasteiger partial charge in [-0.2, -0.15) is 10.4 Å². The summed E-state index contributed by atoms with van der Waals surface area (Å²) in [6, 6.07) is 22.7. The van der Waals surface area contributed by atoms with Crippen LogP contribution in [0, 0.1) is 11.3 Å². The number of carbonyl (C=O) groups is 2. The second-order valence-corrected chi connectivity index (χ2v) is 8.54. The van der Waals surface area contributed by atoms with E-state index in [4.69, 9.17) is 14.4 Å². The van der Waals surface area contributed by atoms with Crippen LogP contribution in [0.1, 0.15) is 11.1 Å². The number of fused-ring (bicyclic) bond motifs is 1. The van der Waals surface area contributed by atoms with Crippen molar-refractivity contribution in [3.05, 3.63) is 95.5 Å². The van der Waals surface area contributed by atoms with Crippen molar-refractivity contribution in [1.82, 2.24) is 9.78 Å². The average molecular weight is 495 g/mol. The number of nitriles is 1. The van der Waals surface area contributed by atoms with Gasteiger partial charge in [-0.1, -0.05) is 36.4 Å². The van der Waals surface area contributed by atoms with Gasteiger partial charge in [0.1, 0.15) is 22.3 Å².